The lowest BCUT2D eigenvalue weighted by atomic mass is 9.88. The molecule has 1 saturated heterocycles. The van der Waals surface area contributed by atoms with E-state index in [0.29, 0.717) is 57.1 Å². The summed E-state index contributed by atoms with van der Waals surface area (Å²) in [5.74, 6) is -2.06. The highest BCUT2D eigenvalue weighted by molar-refractivity contribution is 5.99. The molecule has 2 heterocycles. The summed E-state index contributed by atoms with van der Waals surface area (Å²) in [4.78, 5) is 26.3. The van der Waals surface area contributed by atoms with Gasteiger partial charge in [0.2, 0.25) is 5.91 Å². The number of hydrogen-bond acceptors (Lipinski definition) is 4. The molecule has 0 unspecified atom stereocenters. The van der Waals surface area contributed by atoms with Crippen LogP contribution in [0.1, 0.15) is 51.1 Å². The Labute approximate surface area is 211 Å². The number of nitrogens with zero attached hydrogens (tertiary/aromatic N) is 3. The highest BCUT2D eigenvalue weighted by Gasteiger charge is 2.33. The van der Waals surface area contributed by atoms with Crippen molar-refractivity contribution in [2.24, 2.45) is 11.7 Å². The van der Waals surface area contributed by atoms with E-state index in [1.807, 2.05) is 6.20 Å². The molecule has 1 aromatic heterocycles. The topological polar surface area (TPSA) is 90.5 Å². The number of rotatable bonds is 8. The van der Waals surface area contributed by atoms with Crippen LogP contribution in [-0.4, -0.2) is 53.3 Å². The third-order valence-electron chi connectivity index (χ3n) is 6.87. The van der Waals surface area contributed by atoms with E-state index in [2.05, 4.69) is 5.10 Å². The van der Waals surface area contributed by atoms with Crippen LogP contribution in [-0.2, 0) is 23.9 Å². The number of likely N-dealkylation sites (tertiary alicyclic amines) is 1. The van der Waals surface area contributed by atoms with Crippen LogP contribution < -0.4 is 5.73 Å². The number of nitrogens with two attached hydrogens (primary N) is 1. The highest BCUT2D eigenvalue weighted by Crippen LogP contribution is 2.31. The van der Waals surface area contributed by atoms with Crippen LogP contribution in [0.3, 0.4) is 0 Å². The second kappa shape index (κ2) is 10.9. The first-order chi connectivity index (χ1) is 17.6. The predicted octanol–water partition coefficient (Wildman–Crippen LogP) is 4.42. The number of fused-ring (bicyclic) bond motifs is 1. The first-order valence-electron chi connectivity index (χ1n) is 12.0. The number of carbonyl (C=O) groups is 2. The van der Waals surface area contributed by atoms with Crippen molar-refractivity contribution >= 4 is 22.7 Å². The van der Waals surface area contributed by atoms with Gasteiger partial charge in [-0.1, -0.05) is 0 Å². The number of alkyl halides is 3. The first-order valence-corrected chi connectivity index (χ1v) is 12.0. The Kier molecular flexibility index (Phi) is 7.82. The smallest absolute Gasteiger partial charge is 0.383 e. The summed E-state index contributed by atoms with van der Waals surface area (Å²) in [6.45, 7) is 1.81. The number of benzene rings is 2. The lowest BCUT2D eigenvalue weighted by molar-refractivity contribution is -0.137. The van der Waals surface area contributed by atoms with E-state index in [0.717, 1.165) is 35.0 Å². The molecule has 0 bridgehead atoms. The maximum absolute atomic E-state index is 14.3. The van der Waals surface area contributed by atoms with Crippen molar-refractivity contribution < 1.29 is 31.9 Å². The summed E-state index contributed by atoms with van der Waals surface area (Å²) in [5.41, 5.74) is 6.17. The minimum Gasteiger partial charge on any atom is -0.383 e. The Morgan fingerprint density at radius 2 is 1.84 bits per heavy atom. The van der Waals surface area contributed by atoms with Crippen LogP contribution >= 0.6 is 0 Å². The summed E-state index contributed by atoms with van der Waals surface area (Å²) in [6, 6.07) is 5.43. The molecule has 2 N–H and O–H groups in total. The number of carbonyl (C=O) groups excluding carboxylic acids is 2. The summed E-state index contributed by atoms with van der Waals surface area (Å²) < 4.78 is 59.6. The van der Waals surface area contributed by atoms with Gasteiger partial charge in [-0.05, 0) is 67.5 Å². The summed E-state index contributed by atoms with van der Waals surface area (Å²) >= 11 is 0. The minimum atomic E-state index is -4.68. The molecular weight excluding hydrogens is 492 g/mol. The number of methoxy groups -OCH3 is 1. The molecule has 1 aliphatic heterocycles. The highest BCUT2D eigenvalue weighted by atomic mass is 19.4. The maximum Gasteiger partial charge on any atom is 0.416 e. The van der Waals surface area contributed by atoms with Crippen LogP contribution in [0.4, 0.5) is 17.6 Å². The monoisotopic (exact) mass is 520 g/mol. The SMILES string of the molecule is COCCn1cc2c(CCC3CCN(C(=O)c4ccc(C(F)(F)F)cc4F)CC3)c(C(N)=O)ccc2n1. The van der Waals surface area contributed by atoms with Gasteiger partial charge in [-0.15, -0.1) is 0 Å². The third-order valence-corrected chi connectivity index (χ3v) is 6.87. The first kappa shape index (κ1) is 26.6. The zero-order valence-electron chi connectivity index (χ0n) is 20.4. The van der Waals surface area contributed by atoms with Gasteiger partial charge in [0.05, 0.1) is 29.8 Å². The standard InChI is InChI=1S/C26H28F4N4O3/c1-37-13-12-34-15-21-18(19(24(31)35)6-7-23(21)32-34)4-2-16-8-10-33(11-9-16)25(36)20-5-3-17(14-22(20)27)26(28,29)30/h3,5-7,14-16H,2,4,8-13H2,1H3,(H2,31,35). The molecule has 3 aromatic rings. The van der Waals surface area contributed by atoms with E-state index in [1.165, 1.54) is 4.90 Å². The van der Waals surface area contributed by atoms with Gasteiger partial charge in [-0.3, -0.25) is 14.3 Å². The Morgan fingerprint density at radius 3 is 2.46 bits per heavy atom. The largest absolute Gasteiger partial charge is 0.416 e. The fourth-order valence-electron chi connectivity index (χ4n) is 4.81. The number of amides is 2. The minimum absolute atomic E-state index is 0.251. The van der Waals surface area contributed by atoms with Gasteiger partial charge < -0.3 is 15.4 Å². The van der Waals surface area contributed by atoms with E-state index < -0.39 is 29.4 Å². The number of aryl methyl sites for hydroxylation is 1. The molecule has 0 aliphatic carbocycles. The number of halogens is 4. The van der Waals surface area contributed by atoms with Gasteiger partial charge in [0.1, 0.15) is 5.82 Å². The molecule has 0 atom stereocenters. The molecular formula is C26H28F4N4O3. The fourth-order valence-corrected chi connectivity index (χ4v) is 4.81. The second-order valence-corrected chi connectivity index (χ2v) is 9.24. The van der Waals surface area contributed by atoms with Gasteiger partial charge in [-0.25, -0.2) is 4.39 Å². The molecule has 1 fully saturated rings. The van der Waals surface area contributed by atoms with E-state index in [-0.39, 0.29) is 11.5 Å². The van der Waals surface area contributed by atoms with E-state index in [1.54, 1.807) is 23.9 Å². The second-order valence-electron chi connectivity index (χ2n) is 9.24. The molecule has 2 aromatic carbocycles. The fraction of sp³-hybridized carbons (Fsp3) is 0.423. The summed E-state index contributed by atoms with van der Waals surface area (Å²) in [6.07, 6.45) is -0.138. The predicted molar refractivity (Wildman–Crippen MR) is 128 cm³/mol. The van der Waals surface area contributed by atoms with Crippen LogP contribution in [0.5, 0.6) is 0 Å². The van der Waals surface area contributed by atoms with Gasteiger partial charge in [-0.2, -0.15) is 18.3 Å². The normalized spacial score (nSPS) is 14.9. The number of piperidine rings is 1. The lowest BCUT2D eigenvalue weighted by Gasteiger charge is -2.32. The average molecular weight is 521 g/mol. The average Bonchev–Trinajstić information content (AvgIpc) is 3.28. The molecule has 4 rings (SSSR count). The lowest BCUT2D eigenvalue weighted by Crippen LogP contribution is -2.39. The molecule has 2 amide bonds. The molecule has 37 heavy (non-hydrogen) atoms. The van der Waals surface area contributed by atoms with Crippen molar-refractivity contribution in [3.8, 4) is 0 Å². The third kappa shape index (κ3) is 5.93. The number of ether oxygens (including phenoxy) is 1. The van der Waals surface area contributed by atoms with E-state index in [4.69, 9.17) is 10.5 Å². The zero-order chi connectivity index (χ0) is 26.7. The van der Waals surface area contributed by atoms with Gasteiger partial charge in [0.15, 0.2) is 0 Å². The Morgan fingerprint density at radius 1 is 1.14 bits per heavy atom. The Hall–Kier alpha value is -3.47. The van der Waals surface area contributed by atoms with Crippen molar-refractivity contribution in [3.05, 3.63) is 64.6 Å². The van der Waals surface area contributed by atoms with Crippen molar-refractivity contribution in [1.82, 2.24) is 14.7 Å². The Balaban J connectivity index is 1.41. The number of hydrogen-bond donors (Lipinski definition) is 1. The molecule has 0 saturated carbocycles. The van der Waals surface area contributed by atoms with Crippen molar-refractivity contribution in [3.63, 3.8) is 0 Å². The van der Waals surface area contributed by atoms with Gasteiger partial charge in [0, 0.05) is 37.3 Å². The molecule has 7 nitrogen and oxygen atoms in total. The van der Waals surface area contributed by atoms with Crippen molar-refractivity contribution in [2.75, 3.05) is 26.8 Å². The Bertz CT molecular complexity index is 1300. The van der Waals surface area contributed by atoms with Crippen molar-refractivity contribution in [2.45, 2.75) is 38.4 Å². The van der Waals surface area contributed by atoms with Crippen LogP contribution in [0.2, 0.25) is 0 Å². The molecule has 0 spiro atoms. The van der Waals surface area contributed by atoms with Crippen LogP contribution in [0, 0.1) is 11.7 Å². The van der Waals surface area contributed by atoms with E-state index in [9.17, 15) is 27.2 Å². The van der Waals surface area contributed by atoms with Crippen LogP contribution in [0.25, 0.3) is 10.9 Å². The number of aromatic nitrogens is 2. The van der Waals surface area contributed by atoms with Crippen LogP contribution in [0.15, 0.2) is 36.5 Å². The molecule has 11 heteroatoms. The zero-order valence-corrected chi connectivity index (χ0v) is 20.4. The van der Waals surface area contributed by atoms with Crippen molar-refractivity contribution in [1.29, 1.82) is 0 Å². The summed E-state index contributed by atoms with van der Waals surface area (Å²) in [7, 11) is 1.61. The molecule has 198 valence electrons. The van der Waals surface area contributed by atoms with Gasteiger partial charge in [0.25, 0.3) is 5.91 Å². The number of primary amides is 1. The summed E-state index contributed by atoms with van der Waals surface area (Å²) in [5, 5.41) is 5.40. The quantitative estimate of drug-likeness (QED) is 0.445. The molecule has 0 radical (unpaired) electrons. The van der Waals surface area contributed by atoms with E-state index >= 15 is 0 Å². The molecule has 1 aliphatic rings. The van der Waals surface area contributed by atoms with Gasteiger partial charge >= 0.3 is 6.18 Å². The maximum atomic E-state index is 14.3.